The first kappa shape index (κ1) is 21.3. The zero-order valence-electron chi connectivity index (χ0n) is 15.9. The van der Waals surface area contributed by atoms with Crippen LogP contribution in [-0.4, -0.2) is 25.6 Å². The number of amides is 1. The van der Waals surface area contributed by atoms with Gasteiger partial charge in [0.25, 0.3) is 0 Å². The van der Waals surface area contributed by atoms with Crippen molar-refractivity contribution in [3.63, 3.8) is 0 Å². The fourth-order valence-electron chi connectivity index (χ4n) is 2.62. The third-order valence-electron chi connectivity index (χ3n) is 4.11. The number of hydrogen-bond donors (Lipinski definition) is 2. The number of hydrogen-bond acceptors (Lipinski definition) is 5. The Kier molecular flexibility index (Phi) is 6.56. The van der Waals surface area contributed by atoms with Crippen LogP contribution in [0.2, 0.25) is 5.02 Å². The van der Waals surface area contributed by atoms with E-state index in [1.165, 1.54) is 11.3 Å². The maximum atomic E-state index is 12.2. The number of anilines is 2. The van der Waals surface area contributed by atoms with Crippen molar-refractivity contribution in [3.05, 3.63) is 64.0 Å². The van der Waals surface area contributed by atoms with Gasteiger partial charge in [0.1, 0.15) is 0 Å². The molecular formula is C20H20ClN3O3S2. The van der Waals surface area contributed by atoms with Crippen molar-refractivity contribution in [1.29, 1.82) is 0 Å². The Hall–Kier alpha value is -2.42. The normalized spacial score (nSPS) is 11.3. The fraction of sp³-hybridized carbons (Fsp3) is 0.200. The minimum atomic E-state index is -3.31. The minimum absolute atomic E-state index is 0.115. The van der Waals surface area contributed by atoms with Crippen LogP contribution < -0.4 is 10.0 Å². The Morgan fingerprint density at radius 2 is 1.90 bits per heavy atom. The number of aromatic nitrogens is 1. The van der Waals surface area contributed by atoms with E-state index in [4.69, 9.17) is 11.6 Å². The van der Waals surface area contributed by atoms with E-state index in [1.807, 2.05) is 30.5 Å². The van der Waals surface area contributed by atoms with E-state index in [2.05, 4.69) is 15.0 Å². The molecule has 3 rings (SSSR count). The summed E-state index contributed by atoms with van der Waals surface area (Å²) in [6.45, 7) is 1.94. The smallest absolute Gasteiger partial charge is 0.229 e. The Morgan fingerprint density at radius 3 is 2.55 bits per heavy atom. The van der Waals surface area contributed by atoms with Crippen molar-refractivity contribution >= 4 is 49.7 Å². The molecular weight excluding hydrogens is 430 g/mol. The molecule has 0 radical (unpaired) electrons. The lowest BCUT2D eigenvalue weighted by molar-refractivity contribution is -0.116. The molecule has 3 aromatic rings. The second-order valence-corrected chi connectivity index (χ2v) is 9.63. The molecule has 152 valence electrons. The van der Waals surface area contributed by atoms with Gasteiger partial charge in [0, 0.05) is 28.1 Å². The summed E-state index contributed by atoms with van der Waals surface area (Å²) < 4.78 is 25.0. The summed E-state index contributed by atoms with van der Waals surface area (Å²) in [5.41, 5.74) is 4.04. The molecule has 1 aromatic heterocycles. The lowest BCUT2D eigenvalue weighted by Crippen LogP contribution is -2.12. The topological polar surface area (TPSA) is 88.2 Å². The van der Waals surface area contributed by atoms with Gasteiger partial charge in [0.2, 0.25) is 15.9 Å². The summed E-state index contributed by atoms with van der Waals surface area (Å²) in [5.74, 6) is -0.115. The summed E-state index contributed by atoms with van der Waals surface area (Å²) in [5, 5.41) is 5.87. The van der Waals surface area contributed by atoms with Gasteiger partial charge in [0.05, 0.1) is 11.9 Å². The van der Waals surface area contributed by atoms with Gasteiger partial charge in [-0.25, -0.2) is 13.4 Å². The highest BCUT2D eigenvalue weighted by molar-refractivity contribution is 7.92. The number of benzene rings is 2. The SMILES string of the molecule is Cc1ccc(CCC(=O)Nc2nc(-c3ccc(NS(C)(=O)=O)cc3)cs2)cc1Cl. The molecule has 0 aliphatic carbocycles. The number of halogens is 1. The Labute approximate surface area is 179 Å². The predicted molar refractivity (Wildman–Crippen MR) is 119 cm³/mol. The van der Waals surface area contributed by atoms with Crippen LogP contribution in [0.4, 0.5) is 10.8 Å². The number of thiazole rings is 1. The average molecular weight is 450 g/mol. The summed E-state index contributed by atoms with van der Waals surface area (Å²) in [4.78, 5) is 16.7. The largest absolute Gasteiger partial charge is 0.302 e. The molecule has 0 saturated heterocycles. The first-order valence-corrected chi connectivity index (χ1v) is 11.9. The van der Waals surface area contributed by atoms with Crippen LogP contribution in [0, 0.1) is 6.92 Å². The molecule has 0 spiro atoms. The van der Waals surface area contributed by atoms with E-state index in [0.717, 1.165) is 22.9 Å². The molecule has 2 N–H and O–H groups in total. The molecule has 0 unspecified atom stereocenters. The predicted octanol–water partition coefficient (Wildman–Crippen LogP) is 4.71. The van der Waals surface area contributed by atoms with Crippen LogP contribution in [-0.2, 0) is 21.2 Å². The first-order chi connectivity index (χ1) is 13.7. The van der Waals surface area contributed by atoms with E-state index in [1.54, 1.807) is 24.3 Å². The molecule has 29 heavy (non-hydrogen) atoms. The van der Waals surface area contributed by atoms with Crippen molar-refractivity contribution < 1.29 is 13.2 Å². The number of carbonyl (C=O) groups is 1. The standard InChI is InChI=1S/C20H20ClN3O3S2/c1-13-3-4-14(11-17(13)21)5-10-19(25)23-20-22-18(12-28-20)15-6-8-16(9-7-15)24-29(2,26)27/h3-4,6-9,11-12,24H,5,10H2,1-2H3,(H,22,23,25). The van der Waals surface area contributed by atoms with Crippen molar-refractivity contribution in [3.8, 4) is 11.3 Å². The zero-order valence-corrected chi connectivity index (χ0v) is 18.3. The van der Waals surface area contributed by atoms with Crippen molar-refractivity contribution in [2.24, 2.45) is 0 Å². The molecule has 9 heteroatoms. The highest BCUT2D eigenvalue weighted by atomic mass is 35.5. The molecule has 0 aliphatic heterocycles. The summed E-state index contributed by atoms with van der Waals surface area (Å²) in [7, 11) is -3.31. The minimum Gasteiger partial charge on any atom is -0.302 e. The lowest BCUT2D eigenvalue weighted by atomic mass is 10.1. The van der Waals surface area contributed by atoms with Crippen LogP contribution in [0.15, 0.2) is 47.8 Å². The van der Waals surface area contributed by atoms with Gasteiger partial charge in [-0.1, -0.05) is 35.9 Å². The number of sulfonamides is 1. The van der Waals surface area contributed by atoms with Gasteiger partial charge in [-0.05, 0) is 42.7 Å². The second kappa shape index (κ2) is 8.94. The summed E-state index contributed by atoms with van der Waals surface area (Å²) >= 11 is 7.46. The average Bonchev–Trinajstić information content (AvgIpc) is 3.10. The maximum absolute atomic E-state index is 12.2. The fourth-order valence-corrected chi connectivity index (χ4v) is 4.12. The monoisotopic (exact) mass is 449 g/mol. The molecule has 6 nitrogen and oxygen atoms in total. The highest BCUT2D eigenvalue weighted by Crippen LogP contribution is 2.26. The van der Waals surface area contributed by atoms with E-state index < -0.39 is 10.0 Å². The molecule has 1 amide bonds. The molecule has 0 saturated carbocycles. The van der Waals surface area contributed by atoms with Crippen molar-refractivity contribution in [2.45, 2.75) is 19.8 Å². The zero-order chi connectivity index (χ0) is 21.0. The van der Waals surface area contributed by atoms with E-state index in [0.29, 0.717) is 34.4 Å². The third kappa shape index (κ3) is 6.28. The lowest BCUT2D eigenvalue weighted by Gasteiger charge is -2.05. The van der Waals surface area contributed by atoms with Crippen LogP contribution >= 0.6 is 22.9 Å². The van der Waals surface area contributed by atoms with Crippen molar-refractivity contribution in [1.82, 2.24) is 4.98 Å². The Balaban J connectivity index is 1.58. The van der Waals surface area contributed by atoms with E-state index in [-0.39, 0.29) is 5.91 Å². The van der Waals surface area contributed by atoms with Crippen LogP contribution in [0.25, 0.3) is 11.3 Å². The number of aryl methyl sites for hydroxylation is 2. The third-order valence-corrected chi connectivity index (χ3v) is 5.88. The van der Waals surface area contributed by atoms with Crippen LogP contribution in [0.5, 0.6) is 0 Å². The number of carbonyl (C=O) groups excluding carboxylic acids is 1. The highest BCUT2D eigenvalue weighted by Gasteiger charge is 2.10. The molecule has 1 heterocycles. The maximum Gasteiger partial charge on any atom is 0.229 e. The molecule has 2 aromatic carbocycles. The Morgan fingerprint density at radius 1 is 1.17 bits per heavy atom. The van der Waals surface area contributed by atoms with E-state index >= 15 is 0 Å². The van der Waals surface area contributed by atoms with Crippen LogP contribution in [0.1, 0.15) is 17.5 Å². The van der Waals surface area contributed by atoms with Gasteiger partial charge in [-0.2, -0.15) is 0 Å². The summed E-state index contributed by atoms with van der Waals surface area (Å²) in [6.07, 6.45) is 2.03. The van der Waals surface area contributed by atoms with E-state index in [9.17, 15) is 13.2 Å². The number of nitrogens with zero attached hydrogens (tertiary/aromatic N) is 1. The van der Waals surface area contributed by atoms with Gasteiger partial charge >= 0.3 is 0 Å². The number of rotatable bonds is 7. The van der Waals surface area contributed by atoms with Gasteiger partial charge < -0.3 is 5.32 Å². The van der Waals surface area contributed by atoms with Gasteiger partial charge in [-0.15, -0.1) is 11.3 Å². The van der Waals surface area contributed by atoms with Crippen molar-refractivity contribution in [2.75, 3.05) is 16.3 Å². The quantitative estimate of drug-likeness (QED) is 0.546. The Bertz CT molecular complexity index is 1130. The molecule has 0 fully saturated rings. The van der Waals surface area contributed by atoms with Crippen LogP contribution in [0.3, 0.4) is 0 Å². The van der Waals surface area contributed by atoms with Gasteiger partial charge in [0.15, 0.2) is 5.13 Å². The first-order valence-electron chi connectivity index (χ1n) is 8.78. The second-order valence-electron chi connectivity index (χ2n) is 6.62. The molecule has 0 atom stereocenters. The number of nitrogens with one attached hydrogen (secondary N) is 2. The molecule has 0 aliphatic rings. The van der Waals surface area contributed by atoms with Gasteiger partial charge in [-0.3, -0.25) is 9.52 Å². The molecule has 0 bridgehead atoms. The summed E-state index contributed by atoms with van der Waals surface area (Å²) in [6, 6.07) is 12.7.